The maximum Gasteiger partial charge on any atom is 0.150 e. The van der Waals surface area contributed by atoms with Gasteiger partial charge in [-0.15, -0.1) is 11.3 Å². The molecule has 1 heterocycles. The molecule has 0 unspecified atom stereocenters. The summed E-state index contributed by atoms with van der Waals surface area (Å²) in [5.41, 5.74) is 1.78. The molecule has 17 heavy (non-hydrogen) atoms. The van der Waals surface area contributed by atoms with Gasteiger partial charge in [-0.25, -0.2) is 0 Å². The number of nitrogens with zero attached hydrogens (tertiary/aromatic N) is 1. The molecule has 2 rings (SSSR count). The summed E-state index contributed by atoms with van der Waals surface area (Å²) in [5, 5.41) is 0. The lowest BCUT2D eigenvalue weighted by molar-refractivity contribution is 0.112. The number of hydrogen-bond donors (Lipinski definition) is 0. The first-order chi connectivity index (χ1) is 8.19. The predicted octanol–water partition coefficient (Wildman–Crippen LogP) is 3.85. The number of thiophene rings is 1. The number of halogens is 1. The fourth-order valence-corrected chi connectivity index (χ4v) is 2.71. The normalized spacial score (nSPS) is 10.2. The van der Waals surface area contributed by atoms with Crippen LogP contribution >= 0.6 is 22.9 Å². The molecular formula is C13H12ClNOS. The lowest BCUT2D eigenvalue weighted by atomic mass is 10.2. The van der Waals surface area contributed by atoms with E-state index in [-0.39, 0.29) is 0 Å². The molecule has 0 fully saturated rings. The second kappa shape index (κ2) is 5.34. The molecule has 0 spiro atoms. The molecule has 1 aromatic carbocycles. The predicted molar refractivity (Wildman–Crippen MR) is 73.3 cm³/mol. The Morgan fingerprint density at radius 2 is 1.94 bits per heavy atom. The highest BCUT2D eigenvalue weighted by atomic mass is 35.5. The van der Waals surface area contributed by atoms with Gasteiger partial charge < -0.3 is 4.90 Å². The molecule has 2 nitrogen and oxygen atoms in total. The van der Waals surface area contributed by atoms with Crippen molar-refractivity contribution in [2.75, 3.05) is 11.9 Å². The van der Waals surface area contributed by atoms with Crippen LogP contribution in [0.2, 0.25) is 4.34 Å². The van der Waals surface area contributed by atoms with Gasteiger partial charge in [-0.1, -0.05) is 11.6 Å². The van der Waals surface area contributed by atoms with Crippen LogP contribution in [0, 0.1) is 0 Å². The molecule has 0 saturated heterocycles. The van der Waals surface area contributed by atoms with Gasteiger partial charge in [0, 0.05) is 23.2 Å². The number of carbonyl (C=O) groups excluding carboxylic acids is 1. The Bertz CT molecular complexity index is 506. The van der Waals surface area contributed by atoms with Gasteiger partial charge in [0.2, 0.25) is 0 Å². The van der Waals surface area contributed by atoms with Crippen LogP contribution in [-0.2, 0) is 6.54 Å². The standard InChI is InChI=1S/C13H12ClNOS/c1-15(8-12-6-7-13(14)17-12)11-4-2-10(9-16)3-5-11/h2-7,9H,8H2,1H3. The number of benzene rings is 1. The first kappa shape index (κ1) is 12.1. The molecule has 88 valence electrons. The van der Waals surface area contributed by atoms with Gasteiger partial charge in [0.15, 0.2) is 0 Å². The summed E-state index contributed by atoms with van der Waals surface area (Å²) in [5.74, 6) is 0. The van der Waals surface area contributed by atoms with E-state index in [0.717, 1.165) is 22.9 Å². The largest absolute Gasteiger partial charge is 0.369 e. The minimum Gasteiger partial charge on any atom is -0.369 e. The number of carbonyl (C=O) groups is 1. The van der Waals surface area contributed by atoms with Gasteiger partial charge in [-0.2, -0.15) is 0 Å². The van der Waals surface area contributed by atoms with Crippen LogP contribution in [0.5, 0.6) is 0 Å². The summed E-state index contributed by atoms with van der Waals surface area (Å²) in [7, 11) is 2.02. The summed E-state index contributed by atoms with van der Waals surface area (Å²) >= 11 is 7.48. The van der Waals surface area contributed by atoms with Crippen molar-refractivity contribution < 1.29 is 4.79 Å². The summed E-state index contributed by atoms with van der Waals surface area (Å²) in [4.78, 5) is 13.9. The highest BCUT2D eigenvalue weighted by Crippen LogP contribution is 2.24. The zero-order valence-corrected chi connectivity index (χ0v) is 11.0. The topological polar surface area (TPSA) is 20.3 Å². The number of hydrogen-bond acceptors (Lipinski definition) is 3. The maximum absolute atomic E-state index is 10.6. The van der Waals surface area contributed by atoms with E-state index in [1.54, 1.807) is 11.3 Å². The van der Waals surface area contributed by atoms with Crippen LogP contribution < -0.4 is 4.90 Å². The van der Waals surface area contributed by atoms with Crippen LogP contribution in [0.15, 0.2) is 36.4 Å². The van der Waals surface area contributed by atoms with E-state index in [4.69, 9.17) is 11.6 Å². The monoisotopic (exact) mass is 265 g/mol. The van der Waals surface area contributed by atoms with E-state index in [0.29, 0.717) is 5.56 Å². The van der Waals surface area contributed by atoms with Crippen molar-refractivity contribution in [1.82, 2.24) is 0 Å². The molecule has 0 atom stereocenters. The molecule has 0 aliphatic heterocycles. The van der Waals surface area contributed by atoms with Gasteiger partial charge in [-0.3, -0.25) is 4.79 Å². The van der Waals surface area contributed by atoms with E-state index < -0.39 is 0 Å². The Labute approximate surface area is 109 Å². The van der Waals surface area contributed by atoms with Crippen LogP contribution in [0.1, 0.15) is 15.2 Å². The minimum absolute atomic E-state index is 0.696. The van der Waals surface area contributed by atoms with Crippen LogP contribution in [0.4, 0.5) is 5.69 Å². The van der Waals surface area contributed by atoms with Crippen molar-refractivity contribution in [3.05, 3.63) is 51.2 Å². The molecule has 0 aliphatic rings. The highest BCUT2D eigenvalue weighted by molar-refractivity contribution is 7.16. The van der Waals surface area contributed by atoms with E-state index in [1.807, 2.05) is 43.4 Å². The van der Waals surface area contributed by atoms with E-state index >= 15 is 0 Å². The Kier molecular flexibility index (Phi) is 3.82. The Balaban J connectivity index is 2.08. The van der Waals surface area contributed by atoms with Gasteiger partial charge in [0.05, 0.1) is 10.9 Å². The zero-order chi connectivity index (χ0) is 12.3. The third-order valence-corrected chi connectivity index (χ3v) is 3.71. The van der Waals surface area contributed by atoms with Gasteiger partial charge in [0.1, 0.15) is 6.29 Å². The van der Waals surface area contributed by atoms with Gasteiger partial charge in [0.25, 0.3) is 0 Å². The molecule has 0 aliphatic carbocycles. The molecule has 0 radical (unpaired) electrons. The molecule has 1 aromatic heterocycles. The molecule has 0 N–H and O–H groups in total. The van der Waals surface area contributed by atoms with E-state index in [2.05, 4.69) is 4.90 Å². The van der Waals surface area contributed by atoms with Crippen molar-refractivity contribution in [3.63, 3.8) is 0 Å². The molecule has 0 amide bonds. The molecular weight excluding hydrogens is 254 g/mol. The quantitative estimate of drug-likeness (QED) is 0.783. The van der Waals surface area contributed by atoms with Gasteiger partial charge >= 0.3 is 0 Å². The van der Waals surface area contributed by atoms with Crippen LogP contribution in [-0.4, -0.2) is 13.3 Å². The third kappa shape index (κ3) is 3.08. The zero-order valence-electron chi connectivity index (χ0n) is 9.39. The fourth-order valence-electron chi connectivity index (χ4n) is 1.57. The molecule has 2 aromatic rings. The number of rotatable bonds is 4. The average Bonchev–Trinajstić information content (AvgIpc) is 2.75. The van der Waals surface area contributed by atoms with Crippen molar-refractivity contribution >= 4 is 34.9 Å². The maximum atomic E-state index is 10.6. The van der Waals surface area contributed by atoms with Crippen LogP contribution in [0.3, 0.4) is 0 Å². The summed E-state index contributed by atoms with van der Waals surface area (Å²) in [6.45, 7) is 0.817. The third-order valence-electron chi connectivity index (χ3n) is 2.49. The molecule has 4 heteroatoms. The van der Waals surface area contributed by atoms with Crippen LogP contribution in [0.25, 0.3) is 0 Å². The first-order valence-electron chi connectivity index (χ1n) is 5.19. The average molecular weight is 266 g/mol. The lowest BCUT2D eigenvalue weighted by Gasteiger charge is -2.18. The molecule has 0 bridgehead atoms. The highest BCUT2D eigenvalue weighted by Gasteiger charge is 2.04. The SMILES string of the molecule is CN(Cc1ccc(Cl)s1)c1ccc(C=O)cc1. The Morgan fingerprint density at radius 1 is 1.24 bits per heavy atom. The van der Waals surface area contributed by atoms with E-state index in [1.165, 1.54) is 4.88 Å². The van der Waals surface area contributed by atoms with Crippen molar-refractivity contribution in [1.29, 1.82) is 0 Å². The number of aldehydes is 1. The second-order valence-electron chi connectivity index (χ2n) is 3.77. The lowest BCUT2D eigenvalue weighted by Crippen LogP contribution is -2.15. The first-order valence-corrected chi connectivity index (χ1v) is 6.39. The van der Waals surface area contributed by atoms with Crippen molar-refractivity contribution in [2.24, 2.45) is 0 Å². The fraction of sp³-hybridized carbons (Fsp3) is 0.154. The summed E-state index contributed by atoms with van der Waals surface area (Å²) in [6, 6.07) is 11.5. The summed E-state index contributed by atoms with van der Waals surface area (Å²) in [6.07, 6.45) is 0.850. The van der Waals surface area contributed by atoms with Crippen molar-refractivity contribution in [3.8, 4) is 0 Å². The smallest absolute Gasteiger partial charge is 0.150 e. The Morgan fingerprint density at radius 3 is 2.47 bits per heavy atom. The Hall–Kier alpha value is -1.32. The van der Waals surface area contributed by atoms with Crippen molar-refractivity contribution in [2.45, 2.75) is 6.54 Å². The van der Waals surface area contributed by atoms with Gasteiger partial charge in [-0.05, 0) is 36.4 Å². The molecule has 0 saturated carbocycles. The summed E-state index contributed by atoms with van der Waals surface area (Å²) < 4.78 is 0.810. The van der Waals surface area contributed by atoms with E-state index in [9.17, 15) is 4.79 Å². The second-order valence-corrected chi connectivity index (χ2v) is 5.57. The number of anilines is 1. The minimum atomic E-state index is 0.696.